The lowest BCUT2D eigenvalue weighted by Gasteiger charge is -2.34. The summed E-state index contributed by atoms with van der Waals surface area (Å²) in [5.74, 6) is 0.863. The van der Waals surface area contributed by atoms with Crippen LogP contribution in [0.3, 0.4) is 0 Å². The molecule has 7 nitrogen and oxygen atoms in total. The van der Waals surface area contributed by atoms with Crippen molar-refractivity contribution < 1.29 is 18.3 Å². The fraction of sp³-hybridized carbons (Fsp3) is 0.240. The largest absolute Gasteiger partial charge is 0.494 e. The van der Waals surface area contributed by atoms with Crippen molar-refractivity contribution in [3.63, 3.8) is 0 Å². The molecule has 168 valence electrons. The summed E-state index contributed by atoms with van der Waals surface area (Å²) in [6, 6.07) is 15.4. The van der Waals surface area contributed by atoms with E-state index in [4.69, 9.17) is 9.15 Å². The standard InChI is InChI=1S/C25H23FN4O3/c1-2-32-21-9-6-18(7-10-21)8-11-23-28-22(17-27)25(33-23)30-14-12-29(13-15-30)24(31)19-4-3-5-20(26)16-19/h3-11,16H,2,12-15H2,1H3/b11-8+. The van der Waals surface area contributed by atoms with E-state index in [1.807, 2.05) is 42.2 Å². The van der Waals surface area contributed by atoms with E-state index in [9.17, 15) is 14.4 Å². The highest BCUT2D eigenvalue weighted by atomic mass is 19.1. The van der Waals surface area contributed by atoms with Gasteiger partial charge < -0.3 is 19.0 Å². The maximum Gasteiger partial charge on any atom is 0.254 e. The second kappa shape index (κ2) is 10.0. The second-order valence-electron chi connectivity index (χ2n) is 7.44. The summed E-state index contributed by atoms with van der Waals surface area (Å²) in [5, 5.41) is 9.51. The molecule has 0 unspecified atom stereocenters. The fourth-order valence-corrected chi connectivity index (χ4v) is 3.61. The second-order valence-corrected chi connectivity index (χ2v) is 7.44. The number of benzene rings is 2. The van der Waals surface area contributed by atoms with Crippen LogP contribution in [0.4, 0.5) is 10.3 Å². The molecule has 1 amide bonds. The number of amides is 1. The topological polar surface area (TPSA) is 82.6 Å². The van der Waals surface area contributed by atoms with E-state index in [-0.39, 0.29) is 11.6 Å². The SMILES string of the molecule is CCOc1ccc(/C=C/c2nc(C#N)c(N3CCN(C(=O)c4cccc(F)c4)CC3)o2)cc1. The van der Waals surface area contributed by atoms with Crippen molar-refractivity contribution in [3.05, 3.63) is 77.1 Å². The molecular weight excluding hydrogens is 423 g/mol. The molecule has 1 aliphatic rings. The van der Waals surface area contributed by atoms with Gasteiger partial charge in [0.1, 0.15) is 17.6 Å². The van der Waals surface area contributed by atoms with Crippen molar-refractivity contribution in [2.24, 2.45) is 0 Å². The minimum Gasteiger partial charge on any atom is -0.494 e. The Kier molecular flexibility index (Phi) is 6.69. The molecule has 0 bridgehead atoms. The van der Waals surface area contributed by atoms with E-state index in [1.54, 1.807) is 17.0 Å². The summed E-state index contributed by atoms with van der Waals surface area (Å²) in [4.78, 5) is 20.5. The van der Waals surface area contributed by atoms with Gasteiger partial charge >= 0.3 is 0 Å². The van der Waals surface area contributed by atoms with E-state index in [0.717, 1.165) is 11.3 Å². The highest BCUT2D eigenvalue weighted by Gasteiger charge is 2.26. The number of aromatic nitrogens is 1. The Balaban J connectivity index is 1.41. The molecule has 4 rings (SSSR count). The van der Waals surface area contributed by atoms with Crippen molar-refractivity contribution in [2.45, 2.75) is 6.92 Å². The molecule has 0 atom stereocenters. The van der Waals surface area contributed by atoms with Crippen LogP contribution in [0.15, 0.2) is 52.9 Å². The van der Waals surface area contributed by atoms with Crippen LogP contribution in [0.2, 0.25) is 0 Å². The number of nitriles is 1. The molecule has 0 spiro atoms. The Hall–Kier alpha value is -4.12. The average Bonchev–Trinajstić information content (AvgIpc) is 3.27. The maximum absolute atomic E-state index is 13.4. The third kappa shape index (κ3) is 5.21. The maximum atomic E-state index is 13.4. The number of piperazine rings is 1. The molecule has 3 aromatic rings. The van der Waals surface area contributed by atoms with Crippen LogP contribution >= 0.6 is 0 Å². The number of nitrogens with zero attached hydrogens (tertiary/aromatic N) is 4. The minimum absolute atomic E-state index is 0.200. The van der Waals surface area contributed by atoms with Gasteiger partial charge in [0.15, 0.2) is 0 Å². The lowest BCUT2D eigenvalue weighted by molar-refractivity contribution is 0.0745. The number of halogens is 1. The summed E-state index contributed by atoms with van der Waals surface area (Å²) in [5.41, 5.74) is 1.47. The first kappa shape index (κ1) is 22.1. The zero-order chi connectivity index (χ0) is 23.2. The first-order chi connectivity index (χ1) is 16.1. The molecule has 0 aliphatic carbocycles. The first-order valence-electron chi connectivity index (χ1n) is 10.7. The van der Waals surface area contributed by atoms with E-state index in [0.29, 0.717) is 50.1 Å². The highest BCUT2D eigenvalue weighted by molar-refractivity contribution is 5.94. The van der Waals surface area contributed by atoms with Crippen LogP contribution in [0.25, 0.3) is 12.2 Å². The van der Waals surface area contributed by atoms with Crippen LogP contribution in [0, 0.1) is 17.1 Å². The van der Waals surface area contributed by atoms with Crippen LogP contribution in [0.5, 0.6) is 5.75 Å². The Bertz CT molecular complexity index is 1190. The summed E-state index contributed by atoms with van der Waals surface area (Å²) >= 11 is 0. The summed E-state index contributed by atoms with van der Waals surface area (Å²) < 4.78 is 24.7. The van der Waals surface area contributed by atoms with Crippen LogP contribution in [-0.2, 0) is 0 Å². The van der Waals surface area contributed by atoms with Crippen LogP contribution < -0.4 is 9.64 Å². The Morgan fingerprint density at radius 3 is 2.61 bits per heavy atom. The number of carbonyl (C=O) groups excluding carboxylic acids is 1. The van der Waals surface area contributed by atoms with E-state index < -0.39 is 5.82 Å². The summed E-state index contributed by atoms with van der Waals surface area (Å²) in [7, 11) is 0. The van der Waals surface area contributed by atoms with Crippen LogP contribution in [-0.4, -0.2) is 48.6 Å². The number of hydrogen-bond acceptors (Lipinski definition) is 6. The lowest BCUT2D eigenvalue weighted by Crippen LogP contribution is -2.48. The third-order valence-electron chi connectivity index (χ3n) is 5.27. The van der Waals surface area contributed by atoms with Gasteiger partial charge in [-0.05, 0) is 48.9 Å². The zero-order valence-corrected chi connectivity index (χ0v) is 18.2. The third-order valence-corrected chi connectivity index (χ3v) is 5.27. The Labute approximate surface area is 191 Å². The van der Waals surface area contributed by atoms with Gasteiger partial charge in [0.25, 0.3) is 5.91 Å². The normalized spacial score (nSPS) is 13.8. The zero-order valence-electron chi connectivity index (χ0n) is 18.2. The number of rotatable bonds is 6. The Morgan fingerprint density at radius 2 is 1.94 bits per heavy atom. The fourth-order valence-electron chi connectivity index (χ4n) is 3.61. The molecule has 0 N–H and O–H groups in total. The number of anilines is 1. The van der Waals surface area contributed by atoms with Gasteiger partial charge in [-0.15, -0.1) is 0 Å². The molecule has 33 heavy (non-hydrogen) atoms. The molecule has 2 heterocycles. The minimum atomic E-state index is -0.439. The molecule has 0 saturated carbocycles. The van der Waals surface area contributed by atoms with Crippen molar-refractivity contribution in [2.75, 3.05) is 37.7 Å². The Morgan fingerprint density at radius 1 is 1.18 bits per heavy atom. The molecule has 1 fully saturated rings. The summed E-state index contributed by atoms with van der Waals surface area (Å²) in [6.07, 6.45) is 3.56. The van der Waals surface area contributed by atoms with Crippen molar-refractivity contribution in [1.82, 2.24) is 9.88 Å². The highest BCUT2D eigenvalue weighted by Crippen LogP contribution is 2.25. The van der Waals surface area contributed by atoms with Gasteiger partial charge in [-0.3, -0.25) is 4.79 Å². The molecule has 2 aromatic carbocycles. The smallest absolute Gasteiger partial charge is 0.254 e. The van der Waals surface area contributed by atoms with E-state index in [2.05, 4.69) is 11.1 Å². The van der Waals surface area contributed by atoms with Crippen molar-refractivity contribution in [1.29, 1.82) is 5.26 Å². The van der Waals surface area contributed by atoms with Gasteiger partial charge in [-0.25, -0.2) is 4.39 Å². The number of carbonyl (C=O) groups is 1. The van der Waals surface area contributed by atoms with E-state index in [1.165, 1.54) is 18.2 Å². The molecular formula is C25H23FN4O3. The molecule has 1 saturated heterocycles. The number of oxazole rings is 1. The van der Waals surface area contributed by atoms with Crippen molar-refractivity contribution in [3.8, 4) is 11.8 Å². The summed E-state index contributed by atoms with van der Waals surface area (Å²) in [6.45, 7) is 4.36. The van der Waals surface area contributed by atoms with Gasteiger partial charge in [0.2, 0.25) is 17.5 Å². The van der Waals surface area contributed by atoms with Gasteiger partial charge in [-0.1, -0.05) is 18.2 Å². The molecule has 8 heteroatoms. The monoisotopic (exact) mass is 446 g/mol. The van der Waals surface area contributed by atoms with Gasteiger partial charge in [-0.2, -0.15) is 10.2 Å². The van der Waals surface area contributed by atoms with Crippen LogP contribution in [0.1, 0.15) is 34.4 Å². The molecule has 1 aromatic heterocycles. The number of hydrogen-bond donors (Lipinski definition) is 0. The van der Waals surface area contributed by atoms with Gasteiger partial charge in [0, 0.05) is 37.8 Å². The molecule has 0 radical (unpaired) electrons. The predicted octanol–water partition coefficient (Wildman–Crippen LogP) is 4.22. The average molecular weight is 446 g/mol. The first-order valence-corrected chi connectivity index (χ1v) is 10.7. The number of ether oxygens (including phenoxy) is 1. The van der Waals surface area contributed by atoms with Crippen molar-refractivity contribution >= 4 is 23.9 Å². The lowest BCUT2D eigenvalue weighted by atomic mass is 10.1. The predicted molar refractivity (Wildman–Crippen MR) is 122 cm³/mol. The van der Waals surface area contributed by atoms with Gasteiger partial charge in [0.05, 0.1) is 6.61 Å². The van der Waals surface area contributed by atoms with E-state index >= 15 is 0 Å². The molecule has 1 aliphatic heterocycles. The quantitative estimate of drug-likeness (QED) is 0.564.